The number of carbonyl (C=O) groups is 2. The Hall–Kier alpha value is -4.29. The lowest BCUT2D eigenvalue weighted by Crippen LogP contribution is -2.18. The van der Waals surface area contributed by atoms with Crippen LogP contribution in [0.2, 0.25) is 0 Å². The van der Waals surface area contributed by atoms with Crippen LogP contribution >= 0.6 is 11.3 Å². The second-order valence-electron chi connectivity index (χ2n) is 7.68. The number of benzene rings is 2. The number of thiazole rings is 1. The highest BCUT2D eigenvalue weighted by molar-refractivity contribution is 7.17. The molecule has 0 aliphatic carbocycles. The smallest absolute Gasteiger partial charge is 0.260 e. The number of nitrogens with one attached hydrogen (secondary N) is 1. The van der Waals surface area contributed by atoms with Crippen LogP contribution in [0.25, 0.3) is 11.5 Å². The first-order valence-corrected chi connectivity index (χ1v) is 11.6. The van der Waals surface area contributed by atoms with Crippen LogP contribution in [0.15, 0.2) is 53.1 Å². The molecule has 2 aromatic heterocycles. The molecule has 0 bridgehead atoms. The van der Waals surface area contributed by atoms with E-state index in [0.29, 0.717) is 35.6 Å². The van der Waals surface area contributed by atoms with Gasteiger partial charge in [0.1, 0.15) is 28.2 Å². The Morgan fingerprint density at radius 1 is 1.11 bits per heavy atom. The van der Waals surface area contributed by atoms with Gasteiger partial charge < -0.3 is 24.4 Å². The lowest BCUT2D eigenvalue weighted by atomic mass is 10.1. The zero-order chi connectivity index (χ0) is 25.7. The van der Waals surface area contributed by atoms with Gasteiger partial charge in [-0.3, -0.25) is 14.9 Å². The van der Waals surface area contributed by atoms with E-state index in [-0.39, 0.29) is 21.7 Å². The predicted octanol–water partition coefficient (Wildman–Crippen LogP) is 4.06. The van der Waals surface area contributed by atoms with Crippen molar-refractivity contribution in [2.24, 2.45) is 5.73 Å². The molecule has 0 saturated carbocycles. The second kappa shape index (κ2) is 11.0. The summed E-state index contributed by atoms with van der Waals surface area (Å²) in [6.45, 7) is 3.92. The van der Waals surface area contributed by atoms with E-state index in [1.165, 1.54) is 6.20 Å². The van der Waals surface area contributed by atoms with Crippen molar-refractivity contribution >= 4 is 28.3 Å². The Morgan fingerprint density at radius 3 is 2.50 bits per heavy atom. The SMILES string of the molecule is COCC(C)Oc1cc(Oc2ccc(-c3nnc(C)o3)cc2)cc(C(=O)Nc2ncc(C(N)=O)s2)c1. The molecule has 0 aliphatic heterocycles. The van der Waals surface area contributed by atoms with Crippen molar-refractivity contribution in [3.05, 3.63) is 65.0 Å². The summed E-state index contributed by atoms with van der Waals surface area (Å²) in [5.74, 6) is 1.11. The van der Waals surface area contributed by atoms with Crippen molar-refractivity contribution in [1.82, 2.24) is 15.2 Å². The van der Waals surface area contributed by atoms with E-state index in [9.17, 15) is 9.59 Å². The maximum absolute atomic E-state index is 12.9. The number of aryl methyl sites for hydroxylation is 1. The summed E-state index contributed by atoms with van der Waals surface area (Å²) >= 11 is 0.979. The van der Waals surface area contributed by atoms with Gasteiger partial charge in [-0.1, -0.05) is 11.3 Å². The van der Waals surface area contributed by atoms with Gasteiger partial charge in [0.25, 0.3) is 11.8 Å². The van der Waals surface area contributed by atoms with Crippen LogP contribution in [0.3, 0.4) is 0 Å². The summed E-state index contributed by atoms with van der Waals surface area (Å²) in [5.41, 5.74) is 6.27. The number of hydrogen-bond donors (Lipinski definition) is 2. The van der Waals surface area contributed by atoms with E-state index >= 15 is 0 Å². The molecule has 36 heavy (non-hydrogen) atoms. The highest BCUT2D eigenvalue weighted by Gasteiger charge is 2.16. The fraction of sp³-hybridized carbons (Fsp3) is 0.208. The van der Waals surface area contributed by atoms with Crippen molar-refractivity contribution in [2.45, 2.75) is 20.0 Å². The molecule has 0 aliphatic rings. The summed E-state index contributed by atoms with van der Waals surface area (Å²) < 4.78 is 22.5. The van der Waals surface area contributed by atoms with Gasteiger partial charge in [-0.2, -0.15) is 0 Å². The Morgan fingerprint density at radius 2 is 1.86 bits per heavy atom. The predicted molar refractivity (Wildman–Crippen MR) is 132 cm³/mol. The minimum absolute atomic E-state index is 0.235. The van der Waals surface area contributed by atoms with E-state index < -0.39 is 11.8 Å². The van der Waals surface area contributed by atoms with Crippen LogP contribution < -0.4 is 20.5 Å². The number of nitrogens with zero attached hydrogens (tertiary/aromatic N) is 3. The summed E-state index contributed by atoms with van der Waals surface area (Å²) in [6.07, 6.45) is 1.04. The summed E-state index contributed by atoms with van der Waals surface area (Å²) in [6, 6.07) is 11.9. The van der Waals surface area contributed by atoms with Crippen LogP contribution in [-0.2, 0) is 4.74 Å². The first-order valence-electron chi connectivity index (χ1n) is 10.8. The maximum atomic E-state index is 12.9. The Kier molecular flexibility index (Phi) is 7.56. The van der Waals surface area contributed by atoms with Gasteiger partial charge in [0.05, 0.1) is 12.8 Å². The lowest BCUT2D eigenvalue weighted by Gasteiger charge is -2.16. The van der Waals surface area contributed by atoms with E-state index in [4.69, 9.17) is 24.4 Å². The lowest BCUT2D eigenvalue weighted by molar-refractivity contribution is 0.0916. The summed E-state index contributed by atoms with van der Waals surface area (Å²) in [4.78, 5) is 28.5. The molecule has 11 nitrogen and oxygen atoms in total. The molecule has 4 rings (SSSR count). The van der Waals surface area contributed by atoms with Gasteiger partial charge in [0, 0.05) is 31.2 Å². The van der Waals surface area contributed by atoms with E-state index in [1.54, 1.807) is 56.5 Å². The number of methoxy groups -OCH3 is 1. The van der Waals surface area contributed by atoms with Gasteiger partial charge in [-0.05, 0) is 43.3 Å². The molecule has 186 valence electrons. The molecule has 2 amide bonds. The molecule has 0 radical (unpaired) electrons. The highest BCUT2D eigenvalue weighted by atomic mass is 32.1. The first-order chi connectivity index (χ1) is 17.3. The number of amides is 2. The van der Waals surface area contributed by atoms with E-state index in [1.807, 2.05) is 6.92 Å². The van der Waals surface area contributed by atoms with E-state index in [0.717, 1.165) is 16.9 Å². The van der Waals surface area contributed by atoms with Crippen molar-refractivity contribution in [3.8, 4) is 28.7 Å². The minimum Gasteiger partial charge on any atom is -0.488 e. The first kappa shape index (κ1) is 24.8. The van der Waals surface area contributed by atoms with Crippen LogP contribution in [-0.4, -0.2) is 46.8 Å². The zero-order valence-corrected chi connectivity index (χ0v) is 20.5. The molecular weight excluding hydrogens is 486 g/mol. The molecule has 2 aromatic carbocycles. The van der Waals surface area contributed by atoms with Gasteiger partial charge in [0.2, 0.25) is 11.8 Å². The number of primary amides is 1. The molecule has 3 N–H and O–H groups in total. The monoisotopic (exact) mass is 509 g/mol. The molecule has 0 fully saturated rings. The Balaban J connectivity index is 1.57. The highest BCUT2D eigenvalue weighted by Crippen LogP contribution is 2.30. The number of carbonyl (C=O) groups excluding carboxylic acids is 2. The molecule has 1 unspecified atom stereocenters. The third kappa shape index (κ3) is 6.23. The topological polar surface area (TPSA) is 152 Å². The molecule has 1 atom stereocenters. The minimum atomic E-state index is -0.619. The fourth-order valence-electron chi connectivity index (χ4n) is 3.16. The molecule has 0 spiro atoms. The van der Waals surface area contributed by atoms with Crippen LogP contribution in [0.5, 0.6) is 17.2 Å². The van der Waals surface area contributed by atoms with Gasteiger partial charge in [-0.15, -0.1) is 10.2 Å². The summed E-state index contributed by atoms with van der Waals surface area (Å²) in [7, 11) is 1.58. The van der Waals surface area contributed by atoms with Crippen molar-refractivity contribution in [2.75, 3.05) is 19.0 Å². The normalized spacial score (nSPS) is 11.6. The van der Waals surface area contributed by atoms with Gasteiger partial charge in [0.15, 0.2) is 5.13 Å². The second-order valence-corrected chi connectivity index (χ2v) is 8.71. The van der Waals surface area contributed by atoms with Crippen LogP contribution in [0.1, 0.15) is 32.8 Å². The van der Waals surface area contributed by atoms with Crippen molar-refractivity contribution in [3.63, 3.8) is 0 Å². The number of ether oxygens (including phenoxy) is 3. The molecule has 2 heterocycles. The molecule has 4 aromatic rings. The van der Waals surface area contributed by atoms with Crippen LogP contribution in [0, 0.1) is 6.92 Å². The standard InChI is InChI=1S/C24H23N5O6S/c1-13(12-32-3)33-18-8-16(22(31)27-24-26-11-20(36-24)21(25)30)9-19(10-18)35-17-6-4-15(5-7-17)23-29-28-14(2)34-23/h4-11,13H,12H2,1-3H3,(H2,25,30)(H,26,27,31). The summed E-state index contributed by atoms with van der Waals surface area (Å²) in [5, 5.41) is 10.7. The third-order valence-corrected chi connectivity index (χ3v) is 5.64. The molecule has 12 heteroatoms. The largest absolute Gasteiger partial charge is 0.488 e. The van der Waals surface area contributed by atoms with Gasteiger partial charge >= 0.3 is 0 Å². The quantitative estimate of drug-likeness (QED) is 0.322. The van der Waals surface area contributed by atoms with E-state index in [2.05, 4.69) is 20.5 Å². The fourth-order valence-corrected chi connectivity index (χ4v) is 3.82. The number of anilines is 1. The average molecular weight is 510 g/mol. The number of rotatable bonds is 10. The number of hydrogen-bond acceptors (Lipinski definition) is 10. The van der Waals surface area contributed by atoms with Gasteiger partial charge in [-0.25, -0.2) is 4.98 Å². The third-order valence-electron chi connectivity index (χ3n) is 4.71. The van der Waals surface area contributed by atoms with Crippen molar-refractivity contribution < 1.29 is 28.2 Å². The Labute approximate surface area is 210 Å². The number of aromatic nitrogens is 3. The average Bonchev–Trinajstić information content (AvgIpc) is 3.49. The maximum Gasteiger partial charge on any atom is 0.260 e. The molecule has 0 saturated heterocycles. The van der Waals surface area contributed by atoms with Crippen molar-refractivity contribution in [1.29, 1.82) is 0 Å². The molecular formula is C24H23N5O6S. The zero-order valence-electron chi connectivity index (χ0n) is 19.7. The Bertz CT molecular complexity index is 1370. The van der Waals surface area contributed by atoms with Crippen LogP contribution in [0.4, 0.5) is 5.13 Å². The number of nitrogens with two attached hydrogens (primary N) is 1.